The first kappa shape index (κ1) is 17.9. The molecule has 0 radical (unpaired) electrons. The van der Waals surface area contributed by atoms with Gasteiger partial charge in [0, 0.05) is 18.8 Å². The number of hydrogen-bond donors (Lipinski definition) is 2. The Morgan fingerprint density at radius 1 is 1.42 bits per heavy atom. The molecule has 19 heavy (non-hydrogen) atoms. The molecule has 0 aliphatic carbocycles. The third kappa shape index (κ3) is 5.59. The van der Waals surface area contributed by atoms with Gasteiger partial charge in [-0.1, -0.05) is 17.7 Å². The summed E-state index contributed by atoms with van der Waals surface area (Å²) >= 11 is 0. The highest BCUT2D eigenvalue weighted by Gasteiger charge is 2.08. The molecule has 0 fully saturated rings. The number of carbonyl (C=O) groups excluding carboxylic acids is 1. The maximum atomic E-state index is 11.8. The molecule has 2 N–H and O–H groups in total. The van der Waals surface area contributed by atoms with E-state index in [1.807, 2.05) is 19.1 Å². The molecule has 0 bridgehead atoms. The molecule has 0 unspecified atom stereocenters. The summed E-state index contributed by atoms with van der Waals surface area (Å²) in [6.45, 7) is 4.39. The van der Waals surface area contributed by atoms with Crippen LogP contribution in [-0.4, -0.2) is 30.5 Å². The highest BCUT2D eigenvalue weighted by molar-refractivity contribution is 5.92. The number of carbonyl (C=O) groups is 1. The lowest BCUT2D eigenvalue weighted by Crippen LogP contribution is -2.30. The molecular weight excluding hydrogens is 285 g/mol. The minimum absolute atomic E-state index is 0. The van der Waals surface area contributed by atoms with Gasteiger partial charge in [-0.2, -0.15) is 0 Å². The summed E-state index contributed by atoms with van der Waals surface area (Å²) in [5.41, 5.74) is 2.63. The van der Waals surface area contributed by atoms with Crippen LogP contribution in [0, 0.1) is 6.92 Å². The summed E-state index contributed by atoms with van der Waals surface area (Å²) in [6, 6.07) is 5.46. The molecule has 0 aromatic carbocycles. The fraction of sp³-hybridized carbons (Fsp3) is 0.385. The van der Waals surface area contributed by atoms with Gasteiger partial charge in [0.05, 0.1) is 0 Å². The highest BCUT2D eigenvalue weighted by atomic mass is 35.5. The van der Waals surface area contributed by atoms with Crippen LogP contribution < -0.4 is 10.6 Å². The van der Waals surface area contributed by atoms with Crippen LogP contribution in [0.1, 0.15) is 22.6 Å². The van der Waals surface area contributed by atoms with Crippen molar-refractivity contribution in [2.75, 3.05) is 19.6 Å². The molecule has 2 rings (SSSR count). The average molecular weight is 304 g/mol. The third-order valence-corrected chi connectivity index (χ3v) is 2.75. The van der Waals surface area contributed by atoms with Crippen LogP contribution in [0.15, 0.2) is 29.8 Å². The van der Waals surface area contributed by atoms with Crippen LogP contribution >= 0.6 is 24.8 Å². The average Bonchev–Trinajstić information content (AvgIpc) is 2.37. The van der Waals surface area contributed by atoms with Crippen molar-refractivity contribution in [2.24, 2.45) is 0 Å². The Hall–Kier alpha value is -1.10. The smallest absolute Gasteiger partial charge is 0.270 e. The van der Waals surface area contributed by atoms with E-state index in [0.717, 1.165) is 25.2 Å². The number of pyridine rings is 1. The largest absolute Gasteiger partial charge is 0.347 e. The Kier molecular flexibility index (Phi) is 8.39. The van der Waals surface area contributed by atoms with E-state index in [-0.39, 0.29) is 30.7 Å². The van der Waals surface area contributed by atoms with Crippen molar-refractivity contribution in [1.82, 2.24) is 15.6 Å². The summed E-state index contributed by atoms with van der Waals surface area (Å²) in [4.78, 5) is 16.0. The van der Waals surface area contributed by atoms with Gasteiger partial charge in [-0.15, -0.1) is 24.8 Å². The Labute approximate surface area is 125 Å². The van der Waals surface area contributed by atoms with E-state index >= 15 is 0 Å². The number of halogens is 2. The monoisotopic (exact) mass is 303 g/mol. The first-order chi connectivity index (χ1) is 8.25. The second kappa shape index (κ2) is 8.91. The van der Waals surface area contributed by atoms with Crippen molar-refractivity contribution in [1.29, 1.82) is 0 Å². The normalized spacial score (nSPS) is 13.6. The molecule has 1 aromatic heterocycles. The van der Waals surface area contributed by atoms with Crippen LogP contribution in [0.2, 0.25) is 0 Å². The van der Waals surface area contributed by atoms with Crippen LogP contribution in [-0.2, 0) is 0 Å². The molecule has 6 heteroatoms. The quantitative estimate of drug-likeness (QED) is 0.839. The van der Waals surface area contributed by atoms with Crippen LogP contribution in [0.5, 0.6) is 0 Å². The van der Waals surface area contributed by atoms with Crippen LogP contribution in [0.4, 0.5) is 0 Å². The number of hydrogen-bond acceptors (Lipinski definition) is 3. The van der Waals surface area contributed by atoms with Crippen molar-refractivity contribution >= 4 is 30.7 Å². The number of nitrogens with zero attached hydrogens (tertiary/aromatic N) is 1. The van der Waals surface area contributed by atoms with Gasteiger partial charge in [0.15, 0.2) is 0 Å². The maximum Gasteiger partial charge on any atom is 0.270 e. The van der Waals surface area contributed by atoms with Gasteiger partial charge in [0.1, 0.15) is 5.69 Å². The van der Waals surface area contributed by atoms with Crippen molar-refractivity contribution in [2.45, 2.75) is 13.3 Å². The molecule has 106 valence electrons. The fourth-order valence-electron chi connectivity index (χ4n) is 1.78. The SMILES string of the molecule is Cc1cccc(C(=O)NCC2=CCNCC2)n1.Cl.Cl. The molecule has 1 aliphatic rings. The van der Waals surface area contributed by atoms with Gasteiger partial charge in [-0.05, 0) is 32.0 Å². The Morgan fingerprint density at radius 3 is 2.84 bits per heavy atom. The number of amides is 1. The lowest BCUT2D eigenvalue weighted by Gasteiger charge is -2.14. The summed E-state index contributed by atoms with van der Waals surface area (Å²) in [7, 11) is 0. The first-order valence-corrected chi connectivity index (χ1v) is 5.86. The van der Waals surface area contributed by atoms with Gasteiger partial charge in [-0.3, -0.25) is 4.79 Å². The van der Waals surface area contributed by atoms with E-state index in [2.05, 4.69) is 21.7 Å². The van der Waals surface area contributed by atoms with Gasteiger partial charge < -0.3 is 10.6 Å². The van der Waals surface area contributed by atoms with E-state index in [1.165, 1.54) is 5.57 Å². The first-order valence-electron chi connectivity index (χ1n) is 5.86. The van der Waals surface area contributed by atoms with Crippen molar-refractivity contribution in [3.63, 3.8) is 0 Å². The topological polar surface area (TPSA) is 54.0 Å². The Bertz CT molecular complexity index is 449. The van der Waals surface area contributed by atoms with Crippen molar-refractivity contribution in [3.8, 4) is 0 Å². The molecule has 4 nitrogen and oxygen atoms in total. The molecule has 0 saturated heterocycles. The summed E-state index contributed by atoms with van der Waals surface area (Å²) < 4.78 is 0. The Morgan fingerprint density at radius 2 is 2.21 bits per heavy atom. The number of aromatic nitrogens is 1. The molecular formula is C13H19Cl2N3O. The maximum absolute atomic E-state index is 11.8. The second-order valence-electron chi connectivity index (χ2n) is 4.16. The molecule has 1 aliphatic heterocycles. The molecule has 0 atom stereocenters. The van der Waals surface area contributed by atoms with Crippen LogP contribution in [0.25, 0.3) is 0 Å². The van der Waals surface area contributed by atoms with E-state index < -0.39 is 0 Å². The van der Waals surface area contributed by atoms with E-state index in [4.69, 9.17) is 0 Å². The zero-order chi connectivity index (χ0) is 12.1. The van der Waals surface area contributed by atoms with Crippen molar-refractivity contribution in [3.05, 3.63) is 41.2 Å². The highest BCUT2D eigenvalue weighted by Crippen LogP contribution is 2.03. The fourth-order valence-corrected chi connectivity index (χ4v) is 1.78. The summed E-state index contributed by atoms with van der Waals surface area (Å²) in [5, 5.41) is 6.14. The molecule has 2 heterocycles. The van der Waals surface area contributed by atoms with E-state index in [0.29, 0.717) is 12.2 Å². The lowest BCUT2D eigenvalue weighted by atomic mass is 10.1. The zero-order valence-corrected chi connectivity index (χ0v) is 12.4. The van der Waals surface area contributed by atoms with Crippen molar-refractivity contribution < 1.29 is 4.79 Å². The van der Waals surface area contributed by atoms with E-state index in [9.17, 15) is 4.79 Å². The zero-order valence-electron chi connectivity index (χ0n) is 10.8. The second-order valence-corrected chi connectivity index (χ2v) is 4.16. The van der Waals surface area contributed by atoms with Gasteiger partial charge >= 0.3 is 0 Å². The molecule has 0 spiro atoms. The number of rotatable bonds is 3. The summed E-state index contributed by atoms with van der Waals surface area (Å²) in [5.74, 6) is -0.104. The molecule has 1 aromatic rings. The van der Waals surface area contributed by atoms with Gasteiger partial charge in [0.25, 0.3) is 5.91 Å². The van der Waals surface area contributed by atoms with Gasteiger partial charge in [0.2, 0.25) is 0 Å². The predicted molar refractivity (Wildman–Crippen MR) is 81.4 cm³/mol. The predicted octanol–water partition coefficient (Wildman–Crippen LogP) is 1.88. The van der Waals surface area contributed by atoms with Gasteiger partial charge in [-0.25, -0.2) is 4.98 Å². The molecule has 0 saturated carbocycles. The molecule has 1 amide bonds. The van der Waals surface area contributed by atoms with E-state index in [1.54, 1.807) is 6.07 Å². The summed E-state index contributed by atoms with van der Waals surface area (Å²) in [6.07, 6.45) is 3.13. The van der Waals surface area contributed by atoms with Crippen LogP contribution in [0.3, 0.4) is 0 Å². The number of aryl methyl sites for hydroxylation is 1. The third-order valence-electron chi connectivity index (χ3n) is 2.75. The Balaban J connectivity index is 0.00000162. The lowest BCUT2D eigenvalue weighted by molar-refractivity contribution is 0.0951. The standard InChI is InChI=1S/C13H17N3O.2ClH/c1-10-3-2-4-12(16-10)13(17)15-9-11-5-7-14-8-6-11;;/h2-5,14H,6-9H2,1H3,(H,15,17);2*1H. The minimum atomic E-state index is -0.104. The number of nitrogens with one attached hydrogen (secondary N) is 2. The minimum Gasteiger partial charge on any atom is -0.347 e.